The molecule has 5 N–H and O–H groups in total. The summed E-state index contributed by atoms with van der Waals surface area (Å²) in [6.07, 6.45) is -0.652. The first kappa shape index (κ1) is 18.6. The lowest BCUT2D eigenvalue weighted by molar-refractivity contribution is -0.272. The second kappa shape index (κ2) is 5.61. The van der Waals surface area contributed by atoms with Crippen LogP contribution in [-0.4, -0.2) is 62.8 Å². The summed E-state index contributed by atoms with van der Waals surface area (Å²) < 4.78 is 0. The lowest BCUT2D eigenvalue weighted by atomic mass is 9.38. The van der Waals surface area contributed by atoms with Crippen molar-refractivity contribution in [2.45, 2.75) is 57.3 Å². The van der Waals surface area contributed by atoms with Gasteiger partial charge in [-0.15, -0.1) is 0 Å². The van der Waals surface area contributed by atoms with E-state index < -0.39 is 40.5 Å². The van der Waals surface area contributed by atoms with Crippen molar-refractivity contribution in [3.63, 3.8) is 0 Å². The molecule has 4 rings (SSSR count). The second-order valence-corrected chi connectivity index (χ2v) is 9.41. The van der Waals surface area contributed by atoms with Gasteiger partial charge in [0.2, 0.25) is 0 Å². The lowest BCUT2D eigenvalue weighted by Crippen LogP contribution is -2.72. The van der Waals surface area contributed by atoms with Gasteiger partial charge in [-0.1, -0.05) is 13.5 Å². The van der Waals surface area contributed by atoms with Crippen LogP contribution in [0.1, 0.15) is 39.0 Å². The molecule has 0 aromatic heterocycles. The summed E-state index contributed by atoms with van der Waals surface area (Å²) in [6, 6.07) is 0. The number of aliphatic hydroxyl groups excluding tert-OH is 5. The fourth-order valence-electron chi connectivity index (χ4n) is 7.38. The molecule has 0 saturated heterocycles. The van der Waals surface area contributed by atoms with Gasteiger partial charge in [0.15, 0.2) is 5.78 Å². The van der Waals surface area contributed by atoms with E-state index >= 15 is 0 Å². The zero-order valence-electron chi connectivity index (χ0n) is 15.3. The van der Waals surface area contributed by atoms with Gasteiger partial charge in [-0.3, -0.25) is 4.79 Å². The number of Topliss-reactive ketones (excluding diaryl/α,β-unsaturated/α-hetero) is 1. The molecule has 0 radical (unpaired) electrons. The van der Waals surface area contributed by atoms with Crippen LogP contribution in [0.5, 0.6) is 0 Å². The molecule has 0 amide bonds. The van der Waals surface area contributed by atoms with E-state index in [-0.39, 0.29) is 37.3 Å². The Labute approximate surface area is 153 Å². The average Bonchev–Trinajstić information content (AvgIpc) is 2.74. The van der Waals surface area contributed by atoms with Crippen LogP contribution in [0.3, 0.4) is 0 Å². The molecule has 4 aliphatic rings. The summed E-state index contributed by atoms with van der Waals surface area (Å²) >= 11 is 0. The van der Waals surface area contributed by atoms with Gasteiger partial charge in [-0.2, -0.15) is 0 Å². The van der Waals surface area contributed by atoms with Crippen molar-refractivity contribution < 1.29 is 30.3 Å². The second-order valence-electron chi connectivity index (χ2n) is 9.41. The predicted octanol–water partition coefficient (Wildman–Crippen LogP) is 0.0116. The van der Waals surface area contributed by atoms with Crippen LogP contribution < -0.4 is 0 Å². The van der Waals surface area contributed by atoms with Crippen LogP contribution in [0.2, 0.25) is 0 Å². The smallest absolute Gasteiger partial charge is 0.170 e. The molecule has 26 heavy (non-hydrogen) atoms. The van der Waals surface area contributed by atoms with E-state index in [1.54, 1.807) is 0 Å². The molecule has 1 spiro atoms. The third-order valence-electron chi connectivity index (χ3n) is 8.74. The highest BCUT2D eigenvalue weighted by Gasteiger charge is 2.76. The molecule has 4 saturated carbocycles. The molecule has 4 aliphatic carbocycles. The van der Waals surface area contributed by atoms with Crippen molar-refractivity contribution in [1.82, 2.24) is 0 Å². The standard InChI is InChI=1S/C20H30O6/c1-10-11-3-4-12-19(9-22)13(18(2,8-21)6-5-14(19)23)7-15(24)20(12,16(10)25)17(11)26/h11-15,17,21-24,26H,1,3-9H2,2H3/t11-,12-,13+,14-,15+,17+,18+,19-,20-/m0/s1. The minimum absolute atomic E-state index is 0.107. The van der Waals surface area contributed by atoms with Gasteiger partial charge in [-0.05, 0) is 54.9 Å². The molecular weight excluding hydrogens is 336 g/mol. The van der Waals surface area contributed by atoms with Crippen LogP contribution in [0.4, 0.5) is 0 Å². The zero-order valence-corrected chi connectivity index (χ0v) is 15.3. The Morgan fingerprint density at radius 1 is 1.04 bits per heavy atom. The third kappa shape index (κ3) is 1.78. The van der Waals surface area contributed by atoms with Gasteiger partial charge in [-0.25, -0.2) is 0 Å². The Morgan fingerprint density at radius 2 is 1.73 bits per heavy atom. The molecule has 0 unspecified atom stereocenters. The molecule has 0 aromatic rings. The molecule has 2 bridgehead atoms. The van der Waals surface area contributed by atoms with Gasteiger partial charge in [0.25, 0.3) is 0 Å². The first-order chi connectivity index (χ1) is 12.2. The van der Waals surface area contributed by atoms with Crippen molar-refractivity contribution in [3.05, 3.63) is 12.2 Å². The highest BCUT2D eigenvalue weighted by atomic mass is 16.3. The summed E-state index contributed by atoms with van der Waals surface area (Å²) in [4.78, 5) is 13.2. The van der Waals surface area contributed by atoms with Gasteiger partial charge in [0, 0.05) is 17.9 Å². The summed E-state index contributed by atoms with van der Waals surface area (Å²) in [6.45, 7) is 5.37. The molecule has 0 aromatic carbocycles. The number of ketones is 1. The quantitative estimate of drug-likeness (QED) is 0.440. The van der Waals surface area contributed by atoms with Crippen molar-refractivity contribution in [2.75, 3.05) is 13.2 Å². The van der Waals surface area contributed by atoms with Gasteiger partial charge >= 0.3 is 0 Å². The van der Waals surface area contributed by atoms with Gasteiger partial charge in [0.1, 0.15) is 0 Å². The Morgan fingerprint density at radius 3 is 2.35 bits per heavy atom. The third-order valence-corrected chi connectivity index (χ3v) is 8.74. The average molecular weight is 366 g/mol. The predicted molar refractivity (Wildman–Crippen MR) is 92.9 cm³/mol. The van der Waals surface area contributed by atoms with E-state index in [0.717, 1.165) is 0 Å². The van der Waals surface area contributed by atoms with Crippen molar-refractivity contribution >= 4 is 5.78 Å². The number of carbonyl (C=O) groups excluding carboxylic acids is 1. The molecule has 9 atom stereocenters. The Bertz CT molecular complexity index is 648. The van der Waals surface area contributed by atoms with Crippen molar-refractivity contribution in [3.8, 4) is 0 Å². The number of hydrogen-bond acceptors (Lipinski definition) is 6. The number of carbonyl (C=O) groups is 1. The largest absolute Gasteiger partial charge is 0.396 e. The fourth-order valence-corrected chi connectivity index (χ4v) is 7.38. The minimum Gasteiger partial charge on any atom is -0.396 e. The van der Waals surface area contributed by atoms with E-state index in [0.29, 0.717) is 31.3 Å². The summed E-state index contributed by atoms with van der Waals surface area (Å²) in [5, 5.41) is 53.8. The molecule has 146 valence electrons. The Balaban J connectivity index is 1.93. The monoisotopic (exact) mass is 366 g/mol. The number of fused-ring (bicyclic) bond motifs is 3. The number of rotatable bonds is 2. The Hall–Kier alpha value is -0.790. The lowest BCUT2D eigenvalue weighted by Gasteiger charge is -2.67. The fraction of sp³-hybridized carbons (Fsp3) is 0.850. The summed E-state index contributed by atoms with van der Waals surface area (Å²) in [7, 11) is 0. The summed E-state index contributed by atoms with van der Waals surface area (Å²) in [5.41, 5.74) is -2.60. The maximum absolute atomic E-state index is 13.2. The molecular formula is C20H30O6. The number of aliphatic hydroxyl groups is 5. The van der Waals surface area contributed by atoms with Crippen LogP contribution in [0.15, 0.2) is 12.2 Å². The molecule has 6 heteroatoms. The van der Waals surface area contributed by atoms with E-state index in [1.807, 2.05) is 6.92 Å². The van der Waals surface area contributed by atoms with E-state index in [9.17, 15) is 30.3 Å². The highest BCUT2D eigenvalue weighted by Crippen LogP contribution is 2.70. The zero-order chi connectivity index (χ0) is 19.1. The number of hydrogen-bond donors (Lipinski definition) is 5. The summed E-state index contributed by atoms with van der Waals surface area (Å²) in [5.74, 6) is -1.52. The van der Waals surface area contributed by atoms with E-state index in [4.69, 9.17) is 0 Å². The Kier molecular flexibility index (Phi) is 4.01. The van der Waals surface area contributed by atoms with Crippen molar-refractivity contribution in [2.24, 2.45) is 34.0 Å². The SMILES string of the molecule is C=C1C(=O)[C@@]23[C@H](O)C[C@@H]4[C@@](C)(CO)CC[C@H](O)[C@@]4(CO)[C@@H]2CC[C@@H]1[C@H]3O. The van der Waals surface area contributed by atoms with Gasteiger partial charge < -0.3 is 25.5 Å². The molecule has 6 nitrogen and oxygen atoms in total. The van der Waals surface area contributed by atoms with E-state index in [1.165, 1.54) is 0 Å². The molecule has 4 fully saturated rings. The van der Waals surface area contributed by atoms with Crippen LogP contribution in [-0.2, 0) is 4.79 Å². The maximum Gasteiger partial charge on any atom is 0.170 e. The van der Waals surface area contributed by atoms with E-state index in [2.05, 4.69) is 6.58 Å². The van der Waals surface area contributed by atoms with Crippen LogP contribution in [0.25, 0.3) is 0 Å². The van der Waals surface area contributed by atoms with Crippen LogP contribution in [0, 0.1) is 34.0 Å². The van der Waals surface area contributed by atoms with Gasteiger partial charge in [0.05, 0.1) is 30.3 Å². The molecule has 0 heterocycles. The maximum atomic E-state index is 13.2. The first-order valence-corrected chi connectivity index (χ1v) is 9.71. The molecule has 0 aliphatic heterocycles. The van der Waals surface area contributed by atoms with Crippen molar-refractivity contribution in [1.29, 1.82) is 0 Å². The highest BCUT2D eigenvalue weighted by molar-refractivity contribution is 6.04. The van der Waals surface area contributed by atoms with Crippen LogP contribution >= 0.6 is 0 Å². The minimum atomic E-state index is -1.39. The first-order valence-electron chi connectivity index (χ1n) is 9.71. The normalized spacial score (nSPS) is 56.2. The topological polar surface area (TPSA) is 118 Å².